The smallest absolute Gasteiger partial charge is 0.334 e. The zero-order chi connectivity index (χ0) is 17.2. The van der Waals surface area contributed by atoms with Crippen LogP contribution in [0.3, 0.4) is 0 Å². The Morgan fingerprint density at radius 1 is 1.17 bits per heavy atom. The van der Waals surface area contributed by atoms with Crippen LogP contribution in [0, 0.1) is 0 Å². The first-order valence-electron chi connectivity index (χ1n) is 6.77. The van der Waals surface area contributed by atoms with Gasteiger partial charge in [0.25, 0.3) is 0 Å². The number of primary amides is 1. The van der Waals surface area contributed by atoms with Crippen LogP contribution in [0.25, 0.3) is 6.08 Å². The van der Waals surface area contributed by atoms with Crippen LogP contribution in [0.2, 0.25) is 0 Å². The normalized spacial score (nSPS) is 11.0. The van der Waals surface area contributed by atoms with Gasteiger partial charge in [-0.25, -0.2) is 4.79 Å². The maximum absolute atomic E-state index is 11.7. The quantitative estimate of drug-likeness (QED) is 0.561. The summed E-state index contributed by atoms with van der Waals surface area (Å²) in [7, 11) is 2.48. The molecule has 0 aliphatic heterocycles. The van der Waals surface area contributed by atoms with Gasteiger partial charge in [0.1, 0.15) is 6.61 Å². The summed E-state index contributed by atoms with van der Waals surface area (Å²) in [4.78, 5) is 33.7. The number of ether oxygens (including phenoxy) is 3. The summed E-state index contributed by atoms with van der Waals surface area (Å²) in [5.41, 5.74) is 6.65. The highest BCUT2D eigenvalue weighted by atomic mass is 16.5. The van der Waals surface area contributed by atoms with E-state index in [2.05, 4.69) is 9.47 Å². The highest BCUT2D eigenvalue weighted by molar-refractivity contribution is 5.98. The zero-order valence-corrected chi connectivity index (χ0v) is 13.0. The minimum Gasteiger partial charge on any atom is -0.469 e. The van der Waals surface area contributed by atoms with Crippen molar-refractivity contribution in [2.24, 2.45) is 5.73 Å². The van der Waals surface area contributed by atoms with Gasteiger partial charge in [0.2, 0.25) is 5.91 Å². The van der Waals surface area contributed by atoms with E-state index in [0.29, 0.717) is 5.56 Å². The molecule has 124 valence electrons. The van der Waals surface area contributed by atoms with Gasteiger partial charge in [0.15, 0.2) is 0 Å². The molecule has 0 bridgehead atoms. The van der Waals surface area contributed by atoms with Gasteiger partial charge in [0.05, 0.1) is 27.2 Å². The number of hydrogen-bond donors (Lipinski definition) is 1. The number of benzene rings is 1. The van der Waals surface area contributed by atoms with Crippen molar-refractivity contribution < 1.29 is 28.6 Å². The Bertz CT molecular complexity index is 608. The first kappa shape index (κ1) is 18.4. The van der Waals surface area contributed by atoms with Crippen molar-refractivity contribution in [1.82, 2.24) is 0 Å². The lowest BCUT2D eigenvalue weighted by molar-refractivity contribution is -0.143. The highest BCUT2D eigenvalue weighted by Gasteiger charge is 2.15. The lowest BCUT2D eigenvalue weighted by Gasteiger charge is -2.06. The van der Waals surface area contributed by atoms with Gasteiger partial charge in [-0.15, -0.1) is 0 Å². The standard InChI is InChI=1S/C16H19NO6/c1-21-15(19)8-13(16(20)22-2)7-11-4-3-5-12(6-11)9-23-10-14(17)18/h3-7H,8-10H2,1-2H3,(H2,17,18)/b13-7-. The molecule has 0 unspecified atom stereocenters. The van der Waals surface area contributed by atoms with Gasteiger partial charge in [-0.1, -0.05) is 18.2 Å². The molecule has 0 aromatic heterocycles. The molecule has 2 N–H and O–H groups in total. The third kappa shape index (κ3) is 6.75. The minimum absolute atomic E-state index is 0.171. The molecule has 7 nitrogen and oxygen atoms in total. The third-order valence-corrected chi connectivity index (χ3v) is 2.82. The lowest BCUT2D eigenvalue weighted by Crippen LogP contribution is -2.17. The Labute approximate surface area is 134 Å². The van der Waals surface area contributed by atoms with E-state index >= 15 is 0 Å². The Morgan fingerprint density at radius 2 is 1.91 bits per heavy atom. The Morgan fingerprint density at radius 3 is 2.52 bits per heavy atom. The number of carbonyl (C=O) groups excluding carboxylic acids is 3. The summed E-state index contributed by atoms with van der Waals surface area (Å²) < 4.78 is 14.4. The first-order chi connectivity index (χ1) is 11.0. The van der Waals surface area contributed by atoms with Gasteiger partial charge in [0, 0.05) is 5.57 Å². The van der Waals surface area contributed by atoms with E-state index in [1.807, 2.05) is 0 Å². The SMILES string of the molecule is COC(=O)C/C(=C/c1cccc(COCC(N)=O)c1)C(=O)OC. The van der Waals surface area contributed by atoms with Crippen LogP contribution >= 0.6 is 0 Å². The predicted molar refractivity (Wildman–Crippen MR) is 81.9 cm³/mol. The van der Waals surface area contributed by atoms with E-state index in [0.717, 1.165) is 5.56 Å². The fourth-order valence-electron chi connectivity index (χ4n) is 1.78. The Kier molecular flexibility index (Phi) is 7.49. The molecule has 0 atom stereocenters. The van der Waals surface area contributed by atoms with Gasteiger partial charge < -0.3 is 19.9 Å². The van der Waals surface area contributed by atoms with Crippen LogP contribution < -0.4 is 5.73 Å². The van der Waals surface area contributed by atoms with E-state index < -0.39 is 17.8 Å². The molecule has 1 aromatic rings. The lowest BCUT2D eigenvalue weighted by atomic mass is 10.1. The van der Waals surface area contributed by atoms with E-state index in [-0.39, 0.29) is 25.2 Å². The average Bonchev–Trinajstić information content (AvgIpc) is 2.53. The van der Waals surface area contributed by atoms with Crippen LogP contribution in [0.5, 0.6) is 0 Å². The van der Waals surface area contributed by atoms with Crippen molar-refractivity contribution in [2.75, 3.05) is 20.8 Å². The summed E-state index contributed by atoms with van der Waals surface area (Å²) in [5, 5.41) is 0. The van der Waals surface area contributed by atoms with Crippen LogP contribution in [0.1, 0.15) is 17.5 Å². The summed E-state index contributed by atoms with van der Waals surface area (Å²) in [6.45, 7) is 0.0327. The molecule has 23 heavy (non-hydrogen) atoms. The van der Waals surface area contributed by atoms with E-state index in [1.165, 1.54) is 14.2 Å². The second kappa shape index (κ2) is 9.37. The van der Waals surface area contributed by atoms with Crippen LogP contribution in [0.15, 0.2) is 29.8 Å². The third-order valence-electron chi connectivity index (χ3n) is 2.82. The predicted octanol–water partition coefficient (Wildman–Crippen LogP) is 0.808. The van der Waals surface area contributed by atoms with Gasteiger partial charge in [-0.3, -0.25) is 9.59 Å². The molecule has 0 aliphatic rings. The molecular weight excluding hydrogens is 302 g/mol. The highest BCUT2D eigenvalue weighted by Crippen LogP contribution is 2.14. The molecule has 0 saturated heterocycles. The Balaban J connectivity index is 2.90. The first-order valence-corrected chi connectivity index (χ1v) is 6.77. The molecule has 1 amide bonds. The number of rotatable bonds is 8. The maximum Gasteiger partial charge on any atom is 0.334 e. The minimum atomic E-state index is -0.606. The molecule has 0 heterocycles. The second-order valence-corrected chi connectivity index (χ2v) is 4.62. The zero-order valence-electron chi connectivity index (χ0n) is 13.0. The molecule has 0 fully saturated rings. The molecular formula is C16H19NO6. The fourth-order valence-corrected chi connectivity index (χ4v) is 1.78. The molecule has 1 rings (SSSR count). The molecule has 0 spiro atoms. The van der Waals surface area contributed by atoms with Crippen molar-refractivity contribution in [3.63, 3.8) is 0 Å². The van der Waals surface area contributed by atoms with Crippen molar-refractivity contribution in [3.8, 4) is 0 Å². The maximum atomic E-state index is 11.7. The number of esters is 2. The van der Waals surface area contributed by atoms with Crippen LogP contribution in [-0.4, -0.2) is 38.7 Å². The largest absolute Gasteiger partial charge is 0.469 e. The number of carbonyl (C=O) groups is 3. The second-order valence-electron chi connectivity index (χ2n) is 4.62. The van der Waals surface area contributed by atoms with Gasteiger partial charge in [-0.05, 0) is 23.3 Å². The number of hydrogen-bond acceptors (Lipinski definition) is 6. The molecule has 0 aliphatic carbocycles. The summed E-state index contributed by atoms with van der Waals surface area (Å²) in [6.07, 6.45) is 1.35. The average molecular weight is 321 g/mol. The van der Waals surface area contributed by atoms with E-state index in [9.17, 15) is 14.4 Å². The van der Waals surface area contributed by atoms with Gasteiger partial charge >= 0.3 is 11.9 Å². The van der Waals surface area contributed by atoms with Crippen LogP contribution in [0.4, 0.5) is 0 Å². The van der Waals surface area contributed by atoms with E-state index in [4.69, 9.17) is 10.5 Å². The summed E-state index contributed by atoms with van der Waals surface area (Å²) >= 11 is 0. The molecule has 0 saturated carbocycles. The molecule has 1 aromatic carbocycles. The van der Waals surface area contributed by atoms with E-state index in [1.54, 1.807) is 30.3 Å². The molecule has 7 heteroatoms. The van der Waals surface area contributed by atoms with Crippen molar-refractivity contribution in [1.29, 1.82) is 0 Å². The van der Waals surface area contributed by atoms with Crippen molar-refractivity contribution >= 4 is 23.9 Å². The number of amides is 1. The summed E-state index contributed by atoms with van der Waals surface area (Å²) in [6, 6.07) is 7.09. The molecule has 0 radical (unpaired) electrons. The van der Waals surface area contributed by atoms with Crippen molar-refractivity contribution in [3.05, 3.63) is 41.0 Å². The summed E-state index contributed by atoms with van der Waals surface area (Å²) in [5.74, 6) is -1.69. The monoisotopic (exact) mass is 321 g/mol. The number of nitrogens with two attached hydrogens (primary N) is 1. The van der Waals surface area contributed by atoms with Gasteiger partial charge in [-0.2, -0.15) is 0 Å². The Hall–Kier alpha value is -2.67. The topological polar surface area (TPSA) is 105 Å². The fraction of sp³-hybridized carbons (Fsp3) is 0.312. The van der Waals surface area contributed by atoms with Crippen molar-refractivity contribution in [2.45, 2.75) is 13.0 Å². The number of methoxy groups -OCH3 is 2. The van der Waals surface area contributed by atoms with Crippen LogP contribution in [-0.2, 0) is 35.2 Å².